The normalized spacial score (nSPS) is 13.5. The third-order valence-electron chi connectivity index (χ3n) is 3.47. The van der Waals surface area contributed by atoms with Gasteiger partial charge in [0.1, 0.15) is 5.82 Å². The minimum atomic E-state index is -2.80. The van der Waals surface area contributed by atoms with Crippen molar-refractivity contribution in [2.24, 2.45) is 0 Å². The smallest absolute Gasteiger partial charge is 0.255 e. The third kappa shape index (κ3) is 4.19. The van der Waals surface area contributed by atoms with Crippen LogP contribution in [0.3, 0.4) is 0 Å². The van der Waals surface area contributed by atoms with Crippen LogP contribution in [-0.2, 0) is 9.71 Å². The number of likely N-dealkylation sites (N-methyl/N-ethyl adjacent to an activating group) is 1. The van der Waals surface area contributed by atoms with Crippen LogP contribution in [-0.4, -0.2) is 45.6 Å². The number of hydrogen-bond donors (Lipinski definition) is 2. The first-order valence-electron chi connectivity index (χ1n) is 7.21. The molecule has 2 rings (SSSR count). The highest BCUT2D eigenvalue weighted by molar-refractivity contribution is 7.98. The summed E-state index contributed by atoms with van der Waals surface area (Å²) in [5, 5.41) is 11.6. The highest BCUT2D eigenvalue weighted by Gasteiger charge is 2.16. The average molecular weight is 350 g/mol. The van der Waals surface area contributed by atoms with Gasteiger partial charge in [0.05, 0.1) is 16.3 Å². The summed E-state index contributed by atoms with van der Waals surface area (Å²) in [7, 11) is -1.22. The number of carbonyl (C=O) groups is 1. The van der Waals surface area contributed by atoms with E-state index in [1.165, 1.54) is 28.6 Å². The number of halogens is 1. The molecule has 7 heteroatoms. The van der Waals surface area contributed by atoms with Gasteiger partial charge in [0, 0.05) is 22.7 Å². The van der Waals surface area contributed by atoms with Crippen molar-refractivity contribution >= 4 is 27.2 Å². The van der Waals surface area contributed by atoms with E-state index in [0.717, 1.165) is 0 Å². The molecule has 2 N–H and O–H groups in total. The Balaban J connectivity index is 2.25. The maximum Gasteiger partial charge on any atom is 0.255 e. The van der Waals surface area contributed by atoms with Crippen LogP contribution in [0.25, 0.3) is 0 Å². The van der Waals surface area contributed by atoms with Crippen molar-refractivity contribution in [3.8, 4) is 0 Å². The predicted octanol–water partition coefficient (Wildman–Crippen LogP) is 1.99. The van der Waals surface area contributed by atoms with Crippen LogP contribution in [0.2, 0.25) is 0 Å². The average Bonchev–Trinajstić information content (AvgIpc) is 2.55. The number of anilines is 1. The largest absolute Gasteiger partial charge is 0.395 e. The number of carbonyl (C=O) groups excluding carboxylic acids is 1. The summed E-state index contributed by atoms with van der Waals surface area (Å²) in [6.45, 7) is 0.0464. The Hall–Kier alpha value is -2.22. The number of aliphatic hydroxyl groups is 1. The van der Waals surface area contributed by atoms with E-state index >= 15 is 0 Å². The lowest BCUT2D eigenvalue weighted by atomic mass is 10.2. The van der Waals surface area contributed by atoms with Crippen LogP contribution in [0.5, 0.6) is 0 Å². The van der Waals surface area contributed by atoms with Crippen LogP contribution in [0.1, 0.15) is 10.4 Å². The van der Waals surface area contributed by atoms with Gasteiger partial charge in [-0.15, -0.1) is 0 Å². The summed E-state index contributed by atoms with van der Waals surface area (Å²) in [4.78, 5) is 12.7. The van der Waals surface area contributed by atoms with Crippen LogP contribution < -0.4 is 5.32 Å². The quantitative estimate of drug-likeness (QED) is 0.783. The van der Waals surface area contributed by atoms with Gasteiger partial charge in [0.15, 0.2) is 0 Å². The lowest BCUT2D eigenvalue weighted by Crippen LogP contribution is -2.29. The van der Waals surface area contributed by atoms with E-state index in [2.05, 4.69) is 11.2 Å². The van der Waals surface area contributed by atoms with E-state index < -0.39 is 21.4 Å². The molecule has 0 aromatic heterocycles. The molecule has 1 atom stereocenters. The fraction of sp³-hybridized carbons (Fsp3) is 0.176. The minimum Gasteiger partial charge on any atom is -0.395 e. The van der Waals surface area contributed by atoms with Crippen molar-refractivity contribution in [2.45, 2.75) is 4.90 Å². The number of nitrogens with zero attached hydrogens (tertiary/aromatic N) is 1. The summed E-state index contributed by atoms with van der Waals surface area (Å²) in [5.41, 5.74) is 0.615. The minimum absolute atomic E-state index is 0.150. The Morgan fingerprint density at radius 2 is 2.00 bits per heavy atom. The van der Waals surface area contributed by atoms with E-state index in [1.807, 2.05) is 0 Å². The molecular formula is C17H19FN2O3S. The molecule has 2 aromatic rings. The fourth-order valence-electron chi connectivity index (χ4n) is 2.07. The Morgan fingerprint density at radius 1 is 1.29 bits per heavy atom. The fourth-order valence-corrected chi connectivity index (χ4v) is 3.41. The Bertz CT molecular complexity index is 837. The standard InChI is InChI=1S/C17H19FN2O3S/c1-20(9-10-21)24(2,23)16-8-3-5-13(11-16)17(22)19-15-7-4-6-14(18)12-15/h3-8,11-12,21H,2,9-10H2,1H3,(H,19,22). The number of hydrogen-bond acceptors (Lipinski definition) is 3. The maximum atomic E-state index is 13.2. The Kier molecular flexibility index (Phi) is 5.71. The van der Waals surface area contributed by atoms with Gasteiger partial charge in [-0.3, -0.25) is 4.79 Å². The highest BCUT2D eigenvalue weighted by atomic mass is 32.2. The van der Waals surface area contributed by atoms with Crippen molar-refractivity contribution in [2.75, 3.05) is 25.5 Å². The molecule has 1 amide bonds. The second kappa shape index (κ2) is 7.57. The molecular weight excluding hydrogens is 331 g/mol. The SMILES string of the molecule is C=S(=O)(c1cccc(C(=O)Nc2cccc(F)c2)c1)N(C)CCO. The first-order chi connectivity index (χ1) is 11.3. The Labute approximate surface area is 140 Å². The zero-order valence-corrected chi connectivity index (χ0v) is 14.1. The van der Waals surface area contributed by atoms with E-state index in [-0.39, 0.29) is 18.7 Å². The molecule has 0 aliphatic rings. The molecule has 0 aliphatic heterocycles. The number of aliphatic hydroxyl groups excluding tert-OH is 1. The van der Waals surface area contributed by atoms with Gasteiger partial charge in [-0.25, -0.2) is 12.9 Å². The molecule has 0 bridgehead atoms. The van der Waals surface area contributed by atoms with Crippen molar-refractivity contribution in [3.63, 3.8) is 0 Å². The molecule has 0 fully saturated rings. The number of rotatable bonds is 6. The molecule has 0 aliphatic carbocycles. The van der Waals surface area contributed by atoms with Crippen molar-refractivity contribution in [1.29, 1.82) is 0 Å². The summed E-state index contributed by atoms with van der Waals surface area (Å²) >= 11 is 0. The van der Waals surface area contributed by atoms with Crippen LogP contribution in [0.4, 0.5) is 10.1 Å². The lowest BCUT2D eigenvalue weighted by Gasteiger charge is -2.21. The van der Waals surface area contributed by atoms with Gasteiger partial charge >= 0.3 is 0 Å². The molecule has 0 radical (unpaired) electrons. The van der Waals surface area contributed by atoms with Gasteiger partial charge in [-0.1, -0.05) is 12.1 Å². The Morgan fingerprint density at radius 3 is 2.67 bits per heavy atom. The second-order valence-electron chi connectivity index (χ2n) is 5.21. The molecule has 5 nitrogen and oxygen atoms in total. The lowest BCUT2D eigenvalue weighted by molar-refractivity contribution is 0.102. The maximum absolute atomic E-state index is 13.2. The second-order valence-corrected chi connectivity index (χ2v) is 7.58. The van der Waals surface area contributed by atoms with Gasteiger partial charge in [-0.2, -0.15) is 0 Å². The summed E-state index contributed by atoms with van der Waals surface area (Å²) in [6, 6.07) is 11.8. The predicted molar refractivity (Wildman–Crippen MR) is 94.0 cm³/mol. The highest BCUT2D eigenvalue weighted by Crippen LogP contribution is 2.17. The van der Waals surface area contributed by atoms with E-state index in [4.69, 9.17) is 5.11 Å². The monoisotopic (exact) mass is 350 g/mol. The number of nitrogens with one attached hydrogen (secondary N) is 1. The van der Waals surface area contributed by atoms with Gasteiger partial charge in [0.25, 0.3) is 5.91 Å². The molecule has 0 heterocycles. The molecule has 24 heavy (non-hydrogen) atoms. The topological polar surface area (TPSA) is 69.6 Å². The molecule has 1 unspecified atom stereocenters. The molecule has 0 saturated carbocycles. The van der Waals surface area contributed by atoms with Gasteiger partial charge < -0.3 is 10.4 Å². The third-order valence-corrected chi connectivity index (χ3v) is 5.65. The number of amides is 1. The van der Waals surface area contributed by atoms with Crippen LogP contribution in [0.15, 0.2) is 53.4 Å². The summed E-state index contributed by atoms with van der Waals surface area (Å²) in [6.07, 6.45) is 0. The van der Waals surface area contributed by atoms with Gasteiger partial charge in [0.2, 0.25) is 0 Å². The first-order valence-corrected chi connectivity index (χ1v) is 8.89. The summed E-state index contributed by atoms with van der Waals surface area (Å²) < 4.78 is 27.4. The zero-order valence-electron chi connectivity index (χ0n) is 13.2. The van der Waals surface area contributed by atoms with E-state index in [9.17, 15) is 13.4 Å². The molecule has 128 valence electrons. The first kappa shape index (κ1) is 18.1. The van der Waals surface area contributed by atoms with Crippen molar-refractivity contribution < 1.29 is 18.5 Å². The molecule has 0 saturated heterocycles. The zero-order chi connectivity index (χ0) is 17.7. The van der Waals surface area contributed by atoms with E-state index in [1.54, 1.807) is 31.3 Å². The molecule has 2 aromatic carbocycles. The number of benzene rings is 2. The van der Waals surface area contributed by atoms with Crippen molar-refractivity contribution in [1.82, 2.24) is 4.31 Å². The van der Waals surface area contributed by atoms with E-state index in [0.29, 0.717) is 10.6 Å². The van der Waals surface area contributed by atoms with Crippen molar-refractivity contribution in [3.05, 3.63) is 59.9 Å². The van der Waals surface area contributed by atoms with Gasteiger partial charge in [-0.05, 0) is 49.3 Å². The van der Waals surface area contributed by atoms with Crippen LogP contribution >= 0.6 is 0 Å². The summed E-state index contributed by atoms with van der Waals surface area (Å²) in [5.74, 6) is 2.82. The van der Waals surface area contributed by atoms with Crippen LogP contribution in [0, 0.1) is 5.82 Å². The molecule has 0 spiro atoms.